The van der Waals surface area contributed by atoms with Gasteiger partial charge in [0.05, 0.1) is 25.1 Å². The number of hydrogen-bond acceptors (Lipinski definition) is 1. The molecule has 0 saturated heterocycles. The fraction of sp³-hybridized carbons (Fsp3) is 0.375. The van der Waals surface area contributed by atoms with Crippen LogP contribution in [0.15, 0.2) is 92.3 Å². The van der Waals surface area contributed by atoms with Gasteiger partial charge in [0.2, 0.25) is 0 Å². The van der Waals surface area contributed by atoms with Crippen molar-refractivity contribution in [1.29, 1.82) is 0 Å². The minimum absolute atomic E-state index is 0.481. The summed E-state index contributed by atoms with van der Waals surface area (Å²) in [5, 5.41) is 0. The molecule has 4 rings (SSSR count). The van der Waals surface area contributed by atoms with E-state index < -0.39 is 0 Å². The summed E-state index contributed by atoms with van der Waals surface area (Å²) < 4.78 is 8.19. The molecule has 4 heterocycles. The van der Waals surface area contributed by atoms with E-state index in [1.165, 1.54) is 16.7 Å². The van der Waals surface area contributed by atoms with Crippen LogP contribution in [-0.2, 0) is 13.1 Å². The topological polar surface area (TPSA) is 29.5 Å². The number of imidazole rings is 1. The van der Waals surface area contributed by atoms with Crippen LogP contribution in [0.1, 0.15) is 80.4 Å². The zero-order valence-electron chi connectivity index (χ0n) is 22.5. The molecule has 0 N–H and O–H groups in total. The van der Waals surface area contributed by atoms with Crippen LogP contribution in [0, 0.1) is 14.1 Å². The van der Waals surface area contributed by atoms with E-state index in [1.54, 1.807) is 0 Å². The van der Waals surface area contributed by atoms with Gasteiger partial charge in [-0.25, -0.2) is 4.57 Å². The average Bonchev–Trinajstić information content (AvgIpc) is 3.35. The van der Waals surface area contributed by atoms with E-state index in [0.29, 0.717) is 17.8 Å². The van der Waals surface area contributed by atoms with Crippen molar-refractivity contribution in [1.82, 2.24) is 9.55 Å². The molecule has 0 aliphatic heterocycles. The third kappa shape index (κ3) is 7.45. The molecule has 0 amide bonds. The number of aromatic nitrogens is 5. The van der Waals surface area contributed by atoms with Crippen LogP contribution in [0.25, 0.3) is 0 Å². The Labute approximate surface area is 223 Å². The van der Waals surface area contributed by atoms with Crippen LogP contribution >= 0.6 is 0 Å². The highest BCUT2D eigenvalue weighted by Gasteiger charge is 2.23. The summed E-state index contributed by atoms with van der Waals surface area (Å²) in [6, 6.07) is 13.5. The summed E-state index contributed by atoms with van der Waals surface area (Å²) >= 11 is 0. The Hall–Kier alpha value is -3.60. The van der Waals surface area contributed by atoms with Crippen LogP contribution in [0.5, 0.6) is 0 Å². The van der Waals surface area contributed by atoms with Crippen LogP contribution in [-0.4, -0.2) is 9.55 Å². The van der Waals surface area contributed by atoms with Crippen LogP contribution in [0.2, 0.25) is 0 Å². The van der Waals surface area contributed by atoms with Gasteiger partial charge in [0.25, 0.3) is 0 Å². The Morgan fingerprint density at radius 1 is 0.730 bits per heavy atom. The van der Waals surface area contributed by atoms with Crippen molar-refractivity contribution in [3.63, 3.8) is 0 Å². The molecule has 4 aromatic rings. The fourth-order valence-electron chi connectivity index (χ4n) is 5.41. The van der Waals surface area contributed by atoms with Gasteiger partial charge >= 0.3 is 0 Å². The lowest BCUT2D eigenvalue weighted by Crippen LogP contribution is -2.33. The summed E-state index contributed by atoms with van der Waals surface area (Å²) in [5.41, 5.74) is 4.24. The molecule has 5 heteroatoms. The van der Waals surface area contributed by atoms with Crippen molar-refractivity contribution in [2.75, 3.05) is 0 Å². The normalized spacial score (nSPS) is 13.8. The van der Waals surface area contributed by atoms with Gasteiger partial charge in [0.15, 0.2) is 18.9 Å². The molecule has 0 saturated carbocycles. The second kappa shape index (κ2) is 13.1. The summed E-state index contributed by atoms with van der Waals surface area (Å²) in [7, 11) is 7.89. The van der Waals surface area contributed by atoms with E-state index in [1.807, 2.05) is 34.1 Å². The van der Waals surface area contributed by atoms with Crippen molar-refractivity contribution in [3.8, 4) is 0 Å². The monoisotopic (exact) mass is 496 g/mol. The molecule has 3 atom stereocenters. The first-order valence-electron chi connectivity index (χ1n) is 13.6. The van der Waals surface area contributed by atoms with Gasteiger partial charge < -0.3 is 13.7 Å². The second-order valence-corrected chi connectivity index (χ2v) is 10.2. The van der Waals surface area contributed by atoms with Gasteiger partial charge in [0, 0.05) is 44.2 Å². The largest absolute Gasteiger partial charge is 0.374 e. The third-order valence-corrected chi connectivity index (χ3v) is 7.66. The predicted octanol–water partition coefficient (Wildman–Crippen LogP) is 5.37. The minimum Gasteiger partial charge on any atom is -0.374 e. The Balaban J connectivity index is 1.44. The van der Waals surface area contributed by atoms with E-state index in [-0.39, 0.29) is 0 Å². The first-order valence-corrected chi connectivity index (χ1v) is 13.6. The molecule has 0 aliphatic rings. The molecule has 4 aromatic heterocycles. The lowest BCUT2D eigenvalue weighted by atomic mass is 9.77. The van der Waals surface area contributed by atoms with Gasteiger partial charge in [-0.15, -0.1) is 0 Å². The predicted molar refractivity (Wildman–Crippen MR) is 146 cm³/mol. The van der Waals surface area contributed by atoms with E-state index >= 15 is 0 Å². The minimum atomic E-state index is 0.481. The summed E-state index contributed by atoms with van der Waals surface area (Å²) in [5.74, 6) is 1.53. The van der Waals surface area contributed by atoms with Crippen molar-refractivity contribution in [3.05, 3.63) is 123 Å². The highest BCUT2D eigenvalue weighted by Crippen LogP contribution is 2.39. The molecule has 0 spiro atoms. The first-order chi connectivity index (χ1) is 18.1. The average molecular weight is 497 g/mol. The van der Waals surface area contributed by atoms with Gasteiger partial charge in [-0.2, -0.15) is 0 Å². The molecule has 0 aromatic carbocycles. The number of pyridine rings is 3. The highest BCUT2D eigenvalue weighted by atomic mass is 15.1. The second-order valence-electron chi connectivity index (χ2n) is 10.2. The summed E-state index contributed by atoms with van der Waals surface area (Å²) in [4.78, 5) is 4.29. The standard InChI is InChI=1S/C32H42N5/c1-5-27(30-10-18-34(3)19-11-30)24-32(29-8-14-33-15-9-29)25-28(6-2)31-12-20-36(21-13-31)16-7-17-37-23-22-35(4)26-37/h8-15,18-23,26-28,32H,3-7,16-17,24-25H2,1-2H3/q+1. The molecule has 0 fully saturated rings. The molecule has 0 aliphatic carbocycles. The fourth-order valence-corrected chi connectivity index (χ4v) is 5.41. The summed E-state index contributed by atoms with van der Waals surface area (Å²) in [6.07, 6.45) is 24.2. The van der Waals surface area contributed by atoms with Crippen molar-refractivity contribution < 1.29 is 13.7 Å². The van der Waals surface area contributed by atoms with E-state index in [4.69, 9.17) is 0 Å². The number of nitrogens with zero attached hydrogens (tertiary/aromatic N) is 5. The quantitative estimate of drug-likeness (QED) is 0.181. The smallest absolute Gasteiger partial charge is 0.169 e. The molecule has 0 bridgehead atoms. The highest BCUT2D eigenvalue weighted by molar-refractivity contribution is 5.22. The molecule has 37 heavy (non-hydrogen) atoms. The van der Waals surface area contributed by atoms with Crippen LogP contribution in [0.3, 0.4) is 0 Å². The van der Waals surface area contributed by atoms with Crippen LogP contribution in [0.4, 0.5) is 0 Å². The SMILES string of the molecule is [CH2-][n+]1ccc(C(CC)CC(CC(CC)c2cc[n+](CCCn3cc[n+]([CH2-])c3)cc2)c2ccncc2)cc1. The Morgan fingerprint density at radius 3 is 1.84 bits per heavy atom. The van der Waals surface area contributed by atoms with E-state index in [9.17, 15) is 0 Å². The number of aryl methyl sites for hydroxylation is 2. The van der Waals surface area contributed by atoms with Gasteiger partial charge in [-0.1, -0.05) is 31.5 Å². The zero-order chi connectivity index (χ0) is 26.0. The molecule has 3 unspecified atom stereocenters. The molecule has 5 nitrogen and oxygen atoms in total. The Morgan fingerprint density at radius 2 is 1.30 bits per heavy atom. The maximum atomic E-state index is 4.29. The third-order valence-electron chi connectivity index (χ3n) is 7.66. The maximum Gasteiger partial charge on any atom is 0.169 e. The lowest BCUT2D eigenvalue weighted by molar-refractivity contribution is -0.697. The Kier molecular flexibility index (Phi) is 9.36. The van der Waals surface area contributed by atoms with Crippen molar-refractivity contribution >= 4 is 0 Å². The number of rotatable bonds is 13. The molecular weight excluding hydrogens is 454 g/mol. The van der Waals surface area contributed by atoms with Gasteiger partial charge in [-0.05, 0) is 73.7 Å². The van der Waals surface area contributed by atoms with Crippen molar-refractivity contribution in [2.24, 2.45) is 0 Å². The molecular formula is C32H42N5+. The summed E-state index contributed by atoms with van der Waals surface area (Å²) in [6.45, 7) is 6.63. The zero-order valence-corrected chi connectivity index (χ0v) is 22.5. The Bertz CT molecular complexity index is 1200. The lowest BCUT2D eigenvalue weighted by Gasteiger charge is -2.27. The molecule has 0 radical (unpaired) electrons. The van der Waals surface area contributed by atoms with Crippen molar-refractivity contribution in [2.45, 2.75) is 76.8 Å². The van der Waals surface area contributed by atoms with E-state index in [2.05, 4.69) is 109 Å². The van der Waals surface area contributed by atoms with Gasteiger partial charge in [0.1, 0.15) is 6.33 Å². The van der Waals surface area contributed by atoms with Crippen LogP contribution < -0.4 is 13.7 Å². The first kappa shape index (κ1) is 26.5. The van der Waals surface area contributed by atoms with E-state index in [0.717, 1.165) is 45.2 Å². The molecule has 194 valence electrons. The maximum absolute atomic E-state index is 4.29. The number of hydrogen-bond donors (Lipinski definition) is 0. The van der Waals surface area contributed by atoms with Gasteiger partial charge in [-0.3, -0.25) is 4.98 Å².